The van der Waals surface area contributed by atoms with Gasteiger partial charge in [-0.05, 0) is 45.8 Å². The molecule has 1 amide bonds. The molecular formula is C14H13BrN2O2. The lowest BCUT2D eigenvalue weighted by Crippen LogP contribution is -2.23. The van der Waals surface area contributed by atoms with Crippen molar-refractivity contribution in [2.24, 2.45) is 0 Å². The molecule has 4 nitrogen and oxygen atoms in total. The lowest BCUT2D eigenvalue weighted by atomic mass is 10.2. The van der Waals surface area contributed by atoms with Crippen LogP contribution in [0.15, 0.2) is 47.2 Å². The molecule has 0 aliphatic rings. The van der Waals surface area contributed by atoms with Gasteiger partial charge in [-0.1, -0.05) is 12.1 Å². The first kappa shape index (κ1) is 13.5. The molecule has 19 heavy (non-hydrogen) atoms. The van der Waals surface area contributed by atoms with Gasteiger partial charge in [0.2, 0.25) is 0 Å². The standard InChI is InChI=1S/C14H13BrN2O2/c1-19-11-6-4-10(5-7-11)9-17-14(18)12-3-2-8-16-13(12)15/h2-8H,9H2,1H3,(H,17,18). The number of hydrogen-bond acceptors (Lipinski definition) is 3. The predicted octanol–water partition coefficient (Wildman–Crippen LogP) is 2.78. The normalized spacial score (nSPS) is 10.0. The molecule has 2 rings (SSSR count). The number of amides is 1. The van der Waals surface area contributed by atoms with E-state index in [1.165, 1.54) is 0 Å². The first-order chi connectivity index (χ1) is 9.20. The largest absolute Gasteiger partial charge is 0.497 e. The molecule has 0 saturated heterocycles. The van der Waals surface area contributed by atoms with Crippen molar-refractivity contribution in [1.82, 2.24) is 10.3 Å². The van der Waals surface area contributed by atoms with Gasteiger partial charge in [0.15, 0.2) is 0 Å². The molecule has 1 aromatic heterocycles. The first-order valence-corrected chi connectivity index (χ1v) is 6.51. The highest BCUT2D eigenvalue weighted by Gasteiger charge is 2.09. The van der Waals surface area contributed by atoms with Crippen molar-refractivity contribution >= 4 is 21.8 Å². The Balaban J connectivity index is 1.98. The van der Waals surface area contributed by atoms with Gasteiger partial charge in [0.25, 0.3) is 5.91 Å². The van der Waals surface area contributed by atoms with Crippen molar-refractivity contribution in [3.63, 3.8) is 0 Å². The van der Waals surface area contributed by atoms with E-state index < -0.39 is 0 Å². The third-order valence-electron chi connectivity index (χ3n) is 2.62. The van der Waals surface area contributed by atoms with E-state index in [1.54, 1.807) is 25.4 Å². The second-order valence-corrected chi connectivity index (χ2v) is 4.62. The van der Waals surface area contributed by atoms with E-state index in [9.17, 15) is 4.79 Å². The number of benzene rings is 1. The topological polar surface area (TPSA) is 51.2 Å². The Morgan fingerprint density at radius 1 is 1.32 bits per heavy atom. The Morgan fingerprint density at radius 2 is 2.05 bits per heavy atom. The van der Waals surface area contributed by atoms with Crippen LogP contribution in [-0.4, -0.2) is 18.0 Å². The van der Waals surface area contributed by atoms with Crippen LogP contribution in [0.1, 0.15) is 15.9 Å². The maximum atomic E-state index is 12.0. The summed E-state index contributed by atoms with van der Waals surface area (Å²) < 4.78 is 5.62. The smallest absolute Gasteiger partial charge is 0.254 e. The molecule has 1 heterocycles. The van der Waals surface area contributed by atoms with Gasteiger partial charge in [0.05, 0.1) is 12.7 Å². The summed E-state index contributed by atoms with van der Waals surface area (Å²) in [6, 6.07) is 11.0. The van der Waals surface area contributed by atoms with Crippen LogP contribution in [0.5, 0.6) is 5.75 Å². The predicted molar refractivity (Wildman–Crippen MR) is 76.1 cm³/mol. The molecule has 0 spiro atoms. The molecule has 0 unspecified atom stereocenters. The fourth-order valence-electron chi connectivity index (χ4n) is 1.58. The van der Waals surface area contributed by atoms with Gasteiger partial charge < -0.3 is 10.1 Å². The summed E-state index contributed by atoms with van der Waals surface area (Å²) in [5.41, 5.74) is 1.53. The zero-order valence-electron chi connectivity index (χ0n) is 10.4. The van der Waals surface area contributed by atoms with Gasteiger partial charge in [-0.25, -0.2) is 4.98 Å². The van der Waals surface area contributed by atoms with Gasteiger partial charge in [0, 0.05) is 12.7 Å². The van der Waals surface area contributed by atoms with Crippen LogP contribution in [0.2, 0.25) is 0 Å². The van der Waals surface area contributed by atoms with E-state index >= 15 is 0 Å². The number of nitrogens with zero attached hydrogens (tertiary/aromatic N) is 1. The number of ether oxygens (including phenoxy) is 1. The molecule has 0 atom stereocenters. The fraction of sp³-hybridized carbons (Fsp3) is 0.143. The average molecular weight is 321 g/mol. The molecule has 5 heteroatoms. The van der Waals surface area contributed by atoms with Crippen molar-refractivity contribution < 1.29 is 9.53 Å². The summed E-state index contributed by atoms with van der Waals surface area (Å²) in [7, 11) is 1.62. The first-order valence-electron chi connectivity index (χ1n) is 5.72. The number of rotatable bonds is 4. The van der Waals surface area contributed by atoms with Crippen LogP contribution in [0.3, 0.4) is 0 Å². The summed E-state index contributed by atoms with van der Waals surface area (Å²) in [4.78, 5) is 16.0. The Kier molecular flexibility index (Phi) is 4.52. The SMILES string of the molecule is COc1ccc(CNC(=O)c2cccnc2Br)cc1. The second-order valence-electron chi connectivity index (χ2n) is 3.87. The fourth-order valence-corrected chi connectivity index (χ4v) is 2.01. The van der Waals surface area contributed by atoms with E-state index in [0.717, 1.165) is 11.3 Å². The Bertz CT molecular complexity index is 570. The quantitative estimate of drug-likeness (QED) is 0.881. The van der Waals surface area contributed by atoms with Crippen molar-refractivity contribution in [3.05, 3.63) is 58.3 Å². The summed E-state index contributed by atoms with van der Waals surface area (Å²) in [6.45, 7) is 0.462. The van der Waals surface area contributed by atoms with Crippen LogP contribution in [-0.2, 0) is 6.54 Å². The van der Waals surface area contributed by atoms with Crippen molar-refractivity contribution in [2.45, 2.75) is 6.54 Å². The van der Waals surface area contributed by atoms with Gasteiger partial charge in [-0.3, -0.25) is 4.79 Å². The van der Waals surface area contributed by atoms with Crippen LogP contribution in [0.4, 0.5) is 0 Å². The molecule has 0 fully saturated rings. The van der Waals surface area contributed by atoms with Crippen molar-refractivity contribution in [3.8, 4) is 5.75 Å². The molecule has 2 aromatic rings. The number of carbonyl (C=O) groups excluding carboxylic acids is 1. The zero-order chi connectivity index (χ0) is 13.7. The Morgan fingerprint density at radius 3 is 2.68 bits per heavy atom. The van der Waals surface area contributed by atoms with Gasteiger partial charge in [-0.15, -0.1) is 0 Å². The highest BCUT2D eigenvalue weighted by Crippen LogP contribution is 2.13. The summed E-state index contributed by atoms with van der Waals surface area (Å²) in [5, 5.41) is 2.84. The summed E-state index contributed by atoms with van der Waals surface area (Å²) in [6.07, 6.45) is 1.63. The lowest BCUT2D eigenvalue weighted by molar-refractivity contribution is 0.0949. The maximum Gasteiger partial charge on any atom is 0.254 e. The molecule has 0 saturated carbocycles. The summed E-state index contributed by atoms with van der Waals surface area (Å²) in [5.74, 6) is 0.640. The molecule has 0 bridgehead atoms. The molecule has 0 radical (unpaired) electrons. The Labute approximate surface area is 119 Å². The molecule has 1 N–H and O–H groups in total. The number of pyridine rings is 1. The zero-order valence-corrected chi connectivity index (χ0v) is 12.0. The van der Waals surface area contributed by atoms with Crippen molar-refractivity contribution in [1.29, 1.82) is 0 Å². The van der Waals surface area contributed by atoms with E-state index in [4.69, 9.17) is 4.74 Å². The number of halogens is 1. The lowest BCUT2D eigenvalue weighted by Gasteiger charge is -2.07. The van der Waals surface area contributed by atoms with E-state index in [1.807, 2.05) is 24.3 Å². The second kappa shape index (κ2) is 6.33. The van der Waals surface area contributed by atoms with Crippen LogP contribution in [0, 0.1) is 0 Å². The third-order valence-corrected chi connectivity index (χ3v) is 3.25. The maximum absolute atomic E-state index is 12.0. The van der Waals surface area contributed by atoms with Crippen LogP contribution < -0.4 is 10.1 Å². The summed E-state index contributed by atoms with van der Waals surface area (Å²) >= 11 is 3.25. The molecular weight excluding hydrogens is 308 g/mol. The number of aromatic nitrogens is 1. The van der Waals surface area contributed by atoms with Crippen LogP contribution in [0.25, 0.3) is 0 Å². The monoisotopic (exact) mass is 320 g/mol. The van der Waals surface area contributed by atoms with Gasteiger partial charge in [-0.2, -0.15) is 0 Å². The highest BCUT2D eigenvalue weighted by molar-refractivity contribution is 9.10. The van der Waals surface area contributed by atoms with Crippen LogP contribution >= 0.6 is 15.9 Å². The molecule has 1 aromatic carbocycles. The minimum absolute atomic E-state index is 0.157. The number of methoxy groups -OCH3 is 1. The minimum atomic E-state index is -0.157. The molecule has 98 valence electrons. The van der Waals surface area contributed by atoms with Crippen molar-refractivity contribution in [2.75, 3.05) is 7.11 Å². The number of nitrogens with one attached hydrogen (secondary N) is 1. The van der Waals surface area contributed by atoms with Gasteiger partial charge in [0.1, 0.15) is 10.4 Å². The molecule has 0 aliphatic carbocycles. The highest BCUT2D eigenvalue weighted by atomic mass is 79.9. The average Bonchev–Trinajstić information content (AvgIpc) is 2.46. The number of hydrogen-bond donors (Lipinski definition) is 1. The Hall–Kier alpha value is -1.88. The third kappa shape index (κ3) is 3.54. The minimum Gasteiger partial charge on any atom is -0.497 e. The van der Waals surface area contributed by atoms with E-state index in [-0.39, 0.29) is 5.91 Å². The van der Waals surface area contributed by atoms with Gasteiger partial charge >= 0.3 is 0 Å². The number of carbonyl (C=O) groups is 1. The van der Waals surface area contributed by atoms with E-state index in [2.05, 4.69) is 26.2 Å². The van der Waals surface area contributed by atoms with E-state index in [0.29, 0.717) is 16.7 Å². The molecule has 0 aliphatic heterocycles.